The molecular formula is C37H38N4. The van der Waals surface area contributed by atoms with Gasteiger partial charge in [0.25, 0.3) is 0 Å². The summed E-state index contributed by atoms with van der Waals surface area (Å²) in [6.07, 6.45) is 25.7. The highest BCUT2D eigenvalue weighted by Gasteiger charge is 2.38. The third-order valence-electron chi connectivity index (χ3n) is 9.68. The van der Waals surface area contributed by atoms with Gasteiger partial charge in [0.05, 0.1) is 28.8 Å². The highest BCUT2D eigenvalue weighted by molar-refractivity contribution is 5.94. The Hall–Kier alpha value is -4.10. The second kappa shape index (κ2) is 11.1. The van der Waals surface area contributed by atoms with Gasteiger partial charge in [-0.1, -0.05) is 79.6 Å². The first kappa shape index (κ1) is 25.8. The van der Waals surface area contributed by atoms with Crippen molar-refractivity contribution in [3.63, 3.8) is 0 Å². The van der Waals surface area contributed by atoms with Crippen molar-refractivity contribution >= 4 is 29.0 Å². The molecule has 2 aromatic carbocycles. The number of para-hydroxylation sites is 4. The predicted molar refractivity (Wildman–Crippen MR) is 170 cm³/mol. The van der Waals surface area contributed by atoms with Gasteiger partial charge in [-0.25, -0.2) is 0 Å². The fourth-order valence-electron chi connectivity index (χ4n) is 7.70. The monoisotopic (exact) mass is 538 g/mol. The molecule has 1 fully saturated rings. The van der Waals surface area contributed by atoms with E-state index in [0.29, 0.717) is 29.6 Å². The molecule has 1 saturated carbocycles. The summed E-state index contributed by atoms with van der Waals surface area (Å²) < 4.78 is 0. The van der Waals surface area contributed by atoms with Crippen molar-refractivity contribution < 1.29 is 0 Å². The van der Waals surface area contributed by atoms with E-state index in [9.17, 15) is 5.26 Å². The maximum absolute atomic E-state index is 9.41. The molecule has 3 aliphatic carbocycles. The second-order valence-electron chi connectivity index (χ2n) is 12.2. The van der Waals surface area contributed by atoms with Crippen LogP contribution in [0.3, 0.4) is 0 Å². The van der Waals surface area contributed by atoms with Gasteiger partial charge in [-0.3, -0.25) is 4.99 Å². The Bertz CT molecular complexity index is 1500. The highest BCUT2D eigenvalue weighted by Crippen LogP contribution is 2.52. The smallest absolute Gasteiger partial charge is 0.136 e. The maximum atomic E-state index is 9.41. The molecule has 7 rings (SSSR count). The molecule has 0 radical (unpaired) electrons. The fraction of sp³-hybridized carbons (Fsp3) is 0.351. The summed E-state index contributed by atoms with van der Waals surface area (Å²) in [5.74, 6) is 1.40. The van der Waals surface area contributed by atoms with E-state index < -0.39 is 0 Å². The van der Waals surface area contributed by atoms with E-state index in [0.717, 1.165) is 19.3 Å². The lowest BCUT2D eigenvalue weighted by atomic mass is 9.72. The predicted octanol–water partition coefficient (Wildman–Crippen LogP) is 9.11. The van der Waals surface area contributed by atoms with Crippen LogP contribution in [-0.2, 0) is 0 Å². The number of aliphatic imine (C=N–C) groups is 1. The van der Waals surface area contributed by atoms with Crippen LogP contribution in [0.2, 0.25) is 0 Å². The summed E-state index contributed by atoms with van der Waals surface area (Å²) in [5.41, 5.74) is 8.83. The number of rotatable bonds is 4. The summed E-state index contributed by atoms with van der Waals surface area (Å²) in [7, 11) is 0. The zero-order valence-corrected chi connectivity index (χ0v) is 23.9. The topological polar surface area (TPSA) is 42.6 Å². The average Bonchev–Trinajstić information content (AvgIpc) is 3.04. The molecule has 0 N–H and O–H groups in total. The normalized spacial score (nSPS) is 28.7. The number of fused-ring (bicyclic) bond motifs is 2. The summed E-state index contributed by atoms with van der Waals surface area (Å²) in [5, 5.41) is 9.41. The lowest BCUT2D eigenvalue weighted by Crippen LogP contribution is -2.42. The van der Waals surface area contributed by atoms with Gasteiger partial charge in [-0.15, -0.1) is 0 Å². The Morgan fingerprint density at radius 1 is 0.878 bits per heavy atom. The molecule has 0 spiro atoms. The molecule has 0 bridgehead atoms. The largest absolute Gasteiger partial charge is 0.335 e. The Labute approximate surface area is 244 Å². The lowest BCUT2D eigenvalue weighted by molar-refractivity contribution is 0.335. The van der Waals surface area contributed by atoms with Crippen LogP contribution in [-0.4, -0.2) is 18.3 Å². The number of benzene rings is 2. The van der Waals surface area contributed by atoms with Crippen molar-refractivity contribution in [3.8, 4) is 6.07 Å². The molecule has 4 nitrogen and oxygen atoms in total. The molecule has 0 saturated heterocycles. The third kappa shape index (κ3) is 4.78. The SMILES string of the molecule is CC1CC=C(C2C=C(C#N)N=CC2)C=C1C1CCCC(N2c3ccccc3N(C3C=CC=CC3)c3ccccc32)C1. The molecule has 0 aromatic heterocycles. The first-order chi connectivity index (χ1) is 20.2. The first-order valence-electron chi connectivity index (χ1n) is 15.4. The van der Waals surface area contributed by atoms with Gasteiger partial charge in [-0.2, -0.15) is 5.26 Å². The van der Waals surface area contributed by atoms with Crippen LogP contribution >= 0.6 is 0 Å². The summed E-state index contributed by atoms with van der Waals surface area (Å²) in [6, 6.07) is 21.1. The Balaban J connectivity index is 1.21. The van der Waals surface area contributed by atoms with Crippen LogP contribution in [0.1, 0.15) is 51.9 Å². The van der Waals surface area contributed by atoms with Crippen molar-refractivity contribution in [1.82, 2.24) is 0 Å². The molecule has 5 aliphatic rings. The van der Waals surface area contributed by atoms with Crippen molar-refractivity contribution in [2.75, 3.05) is 9.80 Å². The van der Waals surface area contributed by atoms with Gasteiger partial charge in [0, 0.05) is 18.2 Å². The number of hydrogen-bond donors (Lipinski definition) is 0. The molecule has 206 valence electrons. The van der Waals surface area contributed by atoms with E-state index in [1.165, 1.54) is 54.0 Å². The molecule has 0 amide bonds. The van der Waals surface area contributed by atoms with Gasteiger partial charge in [0.2, 0.25) is 0 Å². The average molecular weight is 539 g/mol. The van der Waals surface area contributed by atoms with Crippen molar-refractivity contribution in [1.29, 1.82) is 5.26 Å². The highest BCUT2D eigenvalue weighted by atomic mass is 15.3. The third-order valence-corrected chi connectivity index (χ3v) is 9.68. The second-order valence-corrected chi connectivity index (χ2v) is 12.2. The first-order valence-corrected chi connectivity index (χ1v) is 15.4. The van der Waals surface area contributed by atoms with E-state index in [1.54, 1.807) is 5.57 Å². The Kier molecular flexibility index (Phi) is 6.97. The van der Waals surface area contributed by atoms with Gasteiger partial charge >= 0.3 is 0 Å². The van der Waals surface area contributed by atoms with Crippen LogP contribution in [0.5, 0.6) is 0 Å². The van der Waals surface area contributed by atoms with Crippen molar-refractivity contribution in [3.05, 3.63) is 108 Å². The lowest BCUT2D eigenvalue weighted by Gasteiger charge is -2.48. The van der Waals surface area contributed by atoms with Crippen LogP contribution in [0.15, 0.2) is 113 Å². The minimum Gasteiger partial charge on any atom is -0.335 e. The molecule has 2 aromatic rings. The quantitative estimate of drug-likeness (QED) is 0.390. The fourth-order valence-corrected chi connectivity index (χ4v) is 7.70. The molecule has 4 heteroatoms. The van der Waals surface area contributed by atoms with Crippen LogP contribution in [0, 0.1) is 29.1 Å². The van der Waals surface area contributed by atoms with E-state index in [1.807, 2.05) is 6.21 Å². The van der Waals surface area contributed by atoms with E-state index in [-0.39, 0.29) is 5.92 Å². The van der Waals surface area contributed by atoms with Gasteiger partial charge in [0.15, 0.2) is 0 Å². The number of hydrogen-bond acceptors (Lipinski definition) is 4. The van der Waals surface area contributed by atoms with E-state index in [4.69, 9.17) is 0 Å². The van der Waals surface area contributed by atoms with Gasteiger partial charge in [-0.05, 0) is 86.3 Å². The summed E-state index contributed by atoms with van der Waals surface area (Å²) in [6.45, 7) is 2.40. The van der Waals surface area contributed by atoms with Crippen LogP contribution in [0.4, 0.5) is 22.7 Å². The van der Waals surface area contributed by atoms with Gasteiger partial charge in [0.1, 0.15) is 11.8 Å². The molecule has 2 heterocycles. The minimum atomic E-state index is 0.263. The molecular weight excluding hydrogens is 500 g/mol. The number of anilines is 4. The summed E-state index contributed by atoms with van der Waals surface area (Å²) >= 11 is 0. The number of nitrogens with zero attached hydrogens (tertiary/aromatic N) is 4. The zero-order chi connectivity index (χ0) is 27.8. The molecule has 5 unspecified atom stereocenters. The van der Waals surface area contributed by atoms with Crippen LogP contribution in [0.25, 0.3) is 0 Å². The van der Waals surface area contributed by atoms with Crippen molar-refractivity contribution in [2.24, 2.45) is 22.7 Å². The number of nitriles is 1. The summed E-state index contributed by atoms with van der Waals surface area (Å²) in [4.78, 5) is 9.50. The van der Waals surface area contributed by atoms with Gasteiger partial charge < -0.3 is 9.80 Å². The molecule has 2 aliphatic heterocycles. The van der Waals surface area contributed by atoms with Crippen LogP contribution < -0.4 is 9.80 Å². The Morgan fingerprint density at radius 2 is 1.61 bits per heavy atom. The van der Waals surface area contributed by atoms with E-state index >= 15 is 0 Å². The number of allylic oxidation sites excluding steroid dienone is 8. The zero-order valence-electron chi connectivity index (χ0n) is 23.9. The van der Waals surface area contributed by atoms with Crippen molar-refractivity contribution in [2.45, 2.75) is 64.0 Å². The molecule has 41 heavy (non-hydrogen) atoms. The molecule has 5 atom stereocenters. The Morgan fingerprint density at radius 3 is 2.29 bits per heavy atom. The standard InChI is InChI=1S/C37H38N4/c1-26-18-19-27(28-20-21-39-30(22-28)25-38)24-33(26)29-10-9-13-32(23-29)41-36-16-7-5-14-34(36)40(31-11-3-2-4-12-31)35-15-6-8-17-37(35)41/h2-8,11,14-17,19,21-22,24,26,28-29,31-32H,9-10,12-13,18,20,23H2,1H3. The minimum absolute atomic E-state index is 0.263. The van der Waals surface area contributed by atoms with E-state index in [2.05, 4.69) is 119 Å². The maximum Gasteiger partial charge on any atom is 0.136 e.